The van der Waals surface area contributed by atoms with E-state index < -0.39 is 0 Å². The first-order valence-electron chi connectivity index (χ1n) is 10.9. The lowest BCUT2D eigenvalue weighted by molar-refractivity contribution is -0.137. The van der Waals surface area contributed by atoms with Crippen molar-refractivity contribution in [2.45, 2.75) is 32.7 Å². The fourth-order valence-corrected chi connectivity index (χ4v) is 4.77. The van der Waals surface area contributed by atoms with Crippen LogP contribution in [0.2, 0.25) is 0 Å². The predicted octanol–water partition coefficient (Wildman–Crippen LogP) is 3.03. The Morgan fingerprint density at radius 2 is 1.93 bits per heavy atom. The molecule has 0 aliphatic carbocycles. The van der Waals surface area contributed by atoms with Gasteiger partial charge in [-0.2, -0.15) is 0 Å². The Balaban J connectivity index is 1.42. The Kier molecular flexibility index (Phi) is 6.40. The topological polar surface area (TPSA) is 53.0 Å². The van der Waals surface area contributed by atoms with Gasteiger partial charge in [0, 0.05) is 37.2 Å². The molecule has 0 saturated carbocycles. The molecule has 0 aromatic heterocycles. The molecule has 0 bridgehead atoms. The summed E-state index contributed by atoms with van der Waals surface area (Å²) < 4.78 is 5.83. The molecule has 2 aromatic carbocycles. The molecule has 5 heteroatoms. The van der Waals surface area contributed by atoms with Gasteiger partial charge in [-0.15, -0.1) is 0 Å². The minimum atomic E-state index is -0.255. The third kappa shape index (κ3) is 4.68. The number of fused-ring (bicyclic) bond motifs is 1. The lowest BCUT2D eigenvalue weighted by Gasteiger charge is -2.42. The van der Waals surface area contributed by atoms with E-state index in [1.54, 1.807) is 0 Å². The van der Waals surface area contributed by atoms with Gasteiger partial charge < -0.3 is 14.7 Å². The molecule has 1 saturated heterocycles. The Morgan fingerprint density at radius 1 is 1.13 bits per heavy atom. The van der Waals surface area contributed by atoms with E-state index in [2.05, 4.69) is 36.1 Å². The van der Waals surface area contributed by atoms with Crippen molar-refractivity contribution in [3.63, 3.8) is 0 Å². The maximum Gasteiger partial charge on any atom is 0.236 e. The van der Waals surface area contributed by atoms with Crippen LogP contribution in [0.5, 0.6) is 5.75 Å². The summed E-state index contributed by atoms with van der Waals surface area (Å²) in [5.41, 5.74) is 3.39. The summed E-state index contributed by atoms with van der Waals surface area (Å²) in [6.45, 7) is 6.07. The van der Waals surface area contributed by atoms with Crippen molar-refractivity contribution in [3.05, 3.63) is 65.2 Å². The van der Waals surface area contributed by atoms with Crippen LogP contribution in [0.1, 0.15) is 29.5 Å². The van der Waals surface area contributed by atoms with Crippen molar-refractivity contribution in [2.24, 2.45) is 5.41 Å². The minimum absolute atomic E-state index is 0.107. The number of hydrogen-bond acceptors (Lipinski definition) is 4. The molecule has 4 rings (SSSR count). The van der Waals surface area contributed by atoms with E-state index in [-0.39, 0.29) is 17.9 Å². The van der Waals surface area contributed by atoms with Gasteiger partial charge >= 0.3 is 0 Å². The molecule has 2 heterocycles. The van der Waals surface area contributed by atoms with Gasteiger partial charge in [0.15, 0.2) is 0 Å². The van der Waals surface area contributed by atoms with Crippen molar-refractivity contribution in [3.8, 4) is 5.75 Å². The molecule has 1 N–H and O–H groups in total. The largest absolute Gasteiger partial charge is 0.492 e. The first kappa shape index (κ1) is 20.9. The van der Waals surface area contributed by atoms with Gasteiger partial charge in [0.2, 0.25) is 5.91 Å². The van der Waals surface area contributed by atoms with Crippen LogP contribution in [0.4, 0.5) is 0 Å². The molecular weight excluding hydrogens is 376 g/mol. The summed E-state index contributed by atoms with van der Waals surface area (Å²) >= 11 is 0. The van der Waals surface area contributed by atoms with Crippen LogP contribution >= 0.6 is 0 Å². The maximum absolute atomic E-state index is 13.2. The fourth-order valence-electron chi connectivity index (χ4n) is 4.77. The minimum Gasteiger partial charge on any atom is -0.492 e. The molecule has 30 heavy (non-hydrogen) atoms. The highest BCUT2D eigenvalue weighted by atomic mass is 16.5. The molecule has 1 atom stereocenters. The van der Waals surface area contributed by atoms with Crippen molar-refractivity contribution < 1.29 is 14.6 Å². The predicted molar refractivity (Wildman–Crippen MR) is 117 cm³/mol. The third-order valence-corrected chi connectivity index (χ3v) is 6.57. The first-order valence-corrected chi connectivity index (χ1v) is 10.9. The molecule has 1 fully saturated rings. The lowest BCUT2D eigenvalue weighted by Crippen LogP contribution is -2.51. The van der Waals surface area contributed by atoms with Crippen LogP contribution < -0.4 is 4.74 Å². The Labute approximate surface area is 179 Å². The highest BCUT2D eigenvalue weighted by molar-refractivity contribution is 5.78. The Morgan fingerprint density at radius 3 is 2.77 bits per heavy atom. The number of nitrogens with zero attached hydrogens (tertiary/aromatic N) is 2. The van der Waals surface area contributed by atoms with Crippen LogP contribution in [0.3, 0.4) is 0 Å². The van der Waals surface area contributed by atoms with Crippen molar-refractivity contribution in [1.82, 2.24) is 9.80 Å². The van der Waals surface area contributed by atoms with E-state index in [1.807, 2.05) is 29.2 Å². The molecule has 160 valence electrons. The highest BCUT2D eigenvalue weighted by Gasteiger charge is 2.37. The second-order valence-corrected chi connectivity index (χ2v) is 8.85. The molecule has 0 unspecified atom stereocenters. The molecule has 5 nitrogen and oxygen atoms in total. The number of benzene rings is 2. The number of rotatable bonds is 5. The van der Waals surface area contributed by atoms with Crippen LogP contribution in [-0.2, 0) is 17.8 Å². The zero-order chi connectivity index (χ0) is 21.0. The third-order valence-electron chi connectivity index (χ3n) is 6.57. The SMILES string of the molecule is Cc1ccccc1C[C@]1(CO)CCCN(C(=O)CN2CCOc3ccccc3C2)C1. The van der Waals surface area contributed by atoms with Crippen molar-refractivity contribution >= 4 is 5.91 Å². The van der Waals surface area contributed by atoms with Crippen LogP contribution in [0.15, 0.2) is 48.5 Å². The standard InChI is InChI=1S/C25H32N2O3/c1-20-7-2-3-8-21(20)15-25(19-28)11-6-12-27(18-25)24(29)17-26-13-14-30-23-10-5-4-9-22(23)16-26/h2-5,7-10,28H,6,11-19H2,1H3/t25-/m1/s1. The van der Waals surface area contributed by atoms with Crippen LogP contribution in [-0.4, -0.2) is 60.2 Å². The number of ether oxygens (including phenoxy) is 1. The lowest BCUT2D eigenvalue weighted by atomic mass is 9.75. The number of aliphatic hydroxyl groups is 1. The first-order chi connectivity index (χ1) is 14.6. The zero-order valence-electron chi connectivity index (χ0n) is 17.8. The van der Waals surface area contributed by atoms with Gasteiger partial charge in [0.1, 0.15) is 12.4 Å². The van der Waals surface area contributed by atoms with Crippen LogP contribution in [0.25, 0.3) is 0 Å². The number of piperidine rings is 1. The summed E-state index contributed by atoms with van der Waals surface area (Å²) in [6, 6.07) is 16.4. The summed E-state index contributed by atoms with van der Waals surface area (Å²) in [4.78, 5) is 17.3. The summed E-state index contributed by atoms with van der Waals surface area (Å²) in [5, 5.41) is 10.3. The normalized spacial score (nSPS) is 22.1. The van der Waals surface area contributed by atoms with Gasteiger partial charge in [-0.3, -0.25) is 9.69 Å². The van der Waals surface area contributed by atoms with Gasteiger partial charge in [-0.05, 0) is 43.4 Å². The number of aryl methyl sites for hydroxylation is 1. The number of amides is 1. The monoisotopic (exact) mass is 408 g/mol. The van der Waals surface area contributed by atoms with Gasteiger partial charge in [0.25, 0.3) is 0 Å². The number of para-hydroxylation sites is 1. The zero-order valence-corrected chi connectivity index (χ0v) is 17.8. The van der Waals surface area contributed by atoms with Gasteiger partial charge in [-0.25, -0.2) is 0 Å². The van der Waals surface area contributed by atoms with Gasteiger partial charge in [-0.1, -0.05) is 42.5 Å². The average molecular weight is 409 g/mol. The number of hydrogen-bond donors (Lipinski definition) is 1. The Bertz CT molecular complexity index is 884. The highest BCUT2D eigenvalue weighted by Crippen LogP contribution is 2.34. The van der Waals surface area contributed by atoms with E-state index in [0.717, 1.165) is 50.2 Å². The molecule has 0 spiro atoms. The average Bonchev–Trinajstić information content (AvgIpc) is 2.97. The number of likely N-dealkylation sites (tertiary alicyclic amines) is 1. The molecule has 2 aromatic rings. The smallest absolute Gasteiger partial charge is 0.236 e. The van der Waals surface area contributed by atoms with Gasteiger partial charge in [0.05, 0.1) is 13.2 Å². The summed E-state index contributed by atoms with van der Waals surface area (Å²) in [7, 11) is 0. The van der Waals surface area contributed by atoms with Crippen LogP contribution in [0, 0.1) is 12.3 Å². The van der Waals surface area contributed by atoms with Crippen molar-refractivity contribution in [1.29, 1.82) is 0 Å². The van der Waals surface area contributed by atoms with E-state index >= 15 is 0 Å². The molecular formula is C25H32N2O3. The quantitative estimate of drug-likeness (QED) is 0.826. The Hall–Kier alpha value is -2.37. The second kappa shape index (κ2) is 9.19. The number of carbonyl (C=O) groups is 1. The number of aliphatic hydroxyl groups excluding tert-OH is 1. The second-order valence-electron chi connectivity index (χ2n) is 8.85. The summed E-state index contributed by atoms with van der Waals surface area (Å²) in [5.74, 6) is 1.07. The molecule has 2 aliphatic rings. The number of carbonyl (C=O) groups excluding carboxylic acids is 1. The van der Waals surface area contributed by atoms with E-state index in [0.29, 0.717) is 19.7 Å². The van der Waals surface area contributed by atoms with E-state index in [9.17, 15) is 9.90 Å². The maximum atomic E-state index is 13.2. The summed E-state index contributed by atoms with van der Waals surface area (Å²) in [6.07, 6.45) is 2.70. The fraction of sp³-hybridized carbons (Fsp3) is 0.480. The van der Waals surface area contributed by atoms with E-state index in [4.69, 9.17) is 4.74 Å². The molecule has 2 aliphatic heterocycles. The molecule has 1 amide bonds. The van der Waals surface area contributed by atoms with Crippen molar-refractivity contribution in [2.75, 3.05) is 39.4 Å². The van der Waals surface area contributed by atoms with E-state index in [1.165, 1.54) is 11.1 Å². The molecule has 0 radical (unpaired) electrons.